The van der Waals surface area contributed by atoms with Crippen LogP contribution >= 0.6 is 0 Å². The van der Waals surface area contributed by atoms with Gasteiger partial charge in [-0.15, -0.1) is 0 Å². The first-order valence-electron chi connectivity index (χ1n) is 6.82. The summed E-state index contributed by atoms with van der Waals surface area (Å²) in [5.41, 5.74) is -0.251. The first kappa shape index (κ1) is 16.7. The third kappa shape index (κ3) is 3.38. The van der Waals surface area contributed by atoms with Gasteiger partial charge in [-0.05, 0) is 24.3 Å². The van der Waals surface area contributed by atoms with Crippen molar-refractivity contribution < 1.29 is 22.5 Å². The van der Waals surface area contributed by atoms with E-state index in [1.54, 1.807) is 0 Å². The van der Waals surface area contributed by atoms with Gasteiger partial charge >= 0.3 is 5.69 Å². The van der Waals surface area contributed by atoms with E-state index in [1.165, 1.54) is 30.6 Å². The predicted octanol–water partition coefficient (Wildman–Crippen LogP) is 2.87. The highest BCUT2D eigenvalue weighted by molar-refractivity contribution is 7.90. The van der Waals surface area contributed by atoms with Crippen molar-refractivity contribution in [3.63, 3.8) is 0 Å². The summed E-state index contributed by atoms with van der Waals surface area (Å²) in [6.45, 7) is 0. The Hall–Kier alpha value is -3.14. The van der Waals surface area contributed by atoms with Gasteiger partial charge in [0.1, 0.15) is 12.1 Å². The van der Waals surface area contributed by atoms with E-state index in [2.05, 4.69) is 9.97 Å². The average Bonchev–Trinajstić information content (AvgIpc) is 2.53. The molecule has 0 saturated carbocycles. The summed E-state index contributed by atoms with van der Waals surface area (Å²) < 4.78 is 42.6. The van der Waals surface area contributed by atoms with Gasteiger partial charge in [0.2, 0.25) is 11.7 Å². The second-order valence-electron chi connectivity index (χ2n) is 5.10. The Labute approximate surface area is 141 Å². The summed E-state index contributed by atoms with van der Waals surface area (Å²) in [6.07, 6.45) is 2.27. The number of nitro groups is 1. The van der Waals surface area contributed by atoms with Gasteiger partial charge in [-0.2, -0.15) is 4.39 Å². The average molecular weight is 363 g/mol. The van der Waals surface area contributed by atoms with Crippen LogP contribution < -0.4 is 4.74 Å². The first-order chi connectivity index (χ1) is 11.8. The number of sulfone groups is 1. The maximum atomic E-state index is 13.7. The van der Waals surface area contributed by atoms with Gasteiger partial charge in [0.25, 0.3) is 0 Å². The zero-order valence-electron chi connectivity index (χ0n) is 12.7. The Kier molecular flexibility index (Phi) is 4.05. The molecule has 3 aromatic rings. The lowest BCUT2D eigenvalue weighted by molar-refractivity contribution is -0.387. The quantitative estimate of drug-likeness (QED) is 0.517. The minimum Gasteiger partial charge on any atom is -0.438 e. The van der Waals surface area contributed by atoms with E-state index in [-0.39, 0.29) is 16.5 Å². The van der Waals surface area contributed by atoms with Crippen LogP contribution in [0, 0.1) is 15.9 Å². The van der Waals surface area contributed by atoms with Crippen LogP contribution in [-0.2, 0) is 9.84 Å². The number of hydrogen-bond acceptors (Lipinski definition) is 7. The number of hydrogen-bond donors (Lipinski definition) is 0. The summed E-state index contributed by atoms with van der Waals surface area (Å²) >= 11 is 0. The molecular formula is C15H10FN3O5S. The minimum absolute atomic E-state index is 0.00348. The highest BCUT2D eigenvalue weighted by Gasteiger charge is 2.16. The molecule has 0 radical (unpaired) electrons. The molecule has 0 fully saturated rings. The Morgan fingerprint density at radius 2 is 1.92 bits per heavy atom. The van der Waals surface area contributed by atoms with Crippen molar-refractivity contribution in [3.8, 4) is 11.6 Å². The second-order valence-corrected chi connectivity index (χ2v) is 7.12. The monoisotopic (exact) mass is 363 g/mol. The lowest BCUT2D eigenvalue weighted by Crippen LogP contribution is -1.98. The number of nitro benzene ring substituents is 1. The molecule has 0 aliphatic heterocycles. The van der Waals surface area contributed by atoms with Crippen molar-refractivity contribution in [1.82, 2.24) is 9.97 Å². The van der Waals surface area contributed by atoms with Gasteiger partial charge in [0.05, 0.1) is 20.7 Å². The summed E-state index contributed by atoms with van der Waals surface area (Å²) in [6, 6.07) is 7.29. The Morgan fingerprint density at radius 3 is 2.56 bits per heavy atom. The largest absolute Gasteiger partial charge is 0.438 e. The Bertz CT molecular complexity index is 1100. The number of ether oxygens (including phenoxy) is 1. The van der Waals surface area contributed by atoms with Gasteiger partial charge in [0, 0.05) is 18.4 Å². The van der Waals surface area contributed by atoms with Crippen LogP contribution in [-0.4, -0.2) is 29.6 Å². The van der Waals surface area contributed by atoms with Crippen LogP contribution in [0.5, 0.6) is 11.6 Å². The van der Waals surface area contributed by atoms with Crippen LogP contribution in [0.1, 0.15) is 0 Å². The minimum atomic E-state index is -3.45. The van der Waals surface area contributed by atoms with Crippen LogP contribution in [0.4, 0.5) is 10.1 Å². The van der Waals surface area contributed by atoms with Crippen molar-refractivity contribution in [2.75, 3.05) is 6.26 Å². The molecule has 0 saturated heterocycles. The number of rotatable bonds is 4. The molecule has 2 aromatic carbocycles. The summed E-state index contributed by atoms with van der Waals surface area (Å²) in [5, 5.41) is 11.0. The highest BCUT2D eigenvalue weighted by atomic mass is 32.2. The molecule has 0 aliphatic carbocycles. The fraction of sp³-hybridized carbons (Fsp3) is 0.0667. The van der Waals surface area contributed by atoms with Crippen molar-refractivity contribution in [2.24, 2.45) is 0 Å². The molecule has 0 aliphatic rings. The number of halogens is 1. The fourth-order valence-corrected chi connectivity index (χ4v) is 2.78. The molecule has 10 heteroatoms. The third-order valence-corrected chi connectivity index (χ3v) is 4.44. The van der Waals surface area contributed by atoms with Crippen LogP contribution in [0.15, 0.2) is 47.6 Å². The summed E-state index contributed by atoms with van der Waals surface area (Å²) in [5.74, 6) is -1.07. The molecule has 3 rings (SSSR count). The standard InChI is InChI=1S/C15H10FN3O5S/c1-25(22,23)10-3-4-13-11(7-10)15(18-8-17-13)24-9-2-5-14(19(20)21)12(16)6-9/h2-8H,1H3. The molecule has 0 unspecified atom stereocenters. The van der Waals surface area contributed by atoms with E-state index >= 15 is 0 Å². The van der Waals surface area contributed by atoms with E-state index < -0.39 is 26.3 Å². The maximum absolute atomic E-state index is 13.7. The molecule has 0 N–H and O–H groups in total. The lowest BCUT2D eigenvalue weighted by atomic mass is 10.2. The van der Waals surface area contributed by atoms with Crippen LogP contribution in [0.2, 0.25) is 0 Å². The fourth-order valence-electron chi connectivity index (χ4n) is 2.13. The molecule has 1 aromatic heterocycles. The third-order valence-electron chi connectivity index (χ3n) is 3.33. The Balaban J connectivity index is 2.07. The number of benzene rings is 2. The molecular weight excluding hydrogens is 353 g/mol. The number of aromatic nitrogens is 2. The van der Waals surface area contributed by atoms with Crippen molar-refractivity contribution in [2.45, 2.75) is 4.90 Å². The van der Waals surface area contributed by atoms with Crippen molar-refractivity contribution in [1.29, 1.82) is 0 Å². The first-order valence-corrected chi connectivity index (χ1v) is 8.71. The molecule has 0 spiro atoms. The lowest BCUT2D eigenvalue weighted by Gasteiger charge is -2.08. The zero-order valence-corrected chi connectivity index (χ0v) is 13.5. The zero-order chi connectivity index (χ0) is 18.2. The van der Waals surface area contributed by atoms with E-state index in [1.807, 2.05) is 0 Å². The van der Waals surface area contributed by atoms with Gasteiger partial charge in [-0.1, -0.05) is 0 Å². The predicted molar refractivity (Wildman–Crippen MR) is 85.8 cm³/mol. The molecule has 0 amide bonds. The maximum Gasteiger partial charge on any atom is 0.305 e. The second kappa shape index (κ2) is 6.06. The van der Waals surface area contributed by atoms with Crippen molar-refractivity contribution >= 4 is 26.4 Å². The highest BCUT2D eigenvalue weighted by Crippen LogP contribution is 2.30. The van der Waals surface area contributed by atoms with Gasteiger partial charge in [-0.3, -0.25) is 10.1 Å². The summed E-state index contributed by atoms with van der Waals surface area (Å²) in [7, 11) is -3.45. The molecule has 128 valence electrons. The van der Waals surface area contributed by atoms with E-state index in [9.17, 15) is 22.9 Å². The van der Waals surface area contributed by atoms with Crippen LogP contribution in [0.3, 0.4) is 0 Å². The SMILES string of the molecule is CS(=O)(=O)c1ccc2ncnc(Oc3ccc([N+](=O)[O-])c(F)c3)c2c1. The van der Waals surface area contributed by atoms with Gasteiger partial charge < -0.3 is 4.74 Å². The van der Waals surface area contributed by atoms with E-state index in [0.29, 0.717) is 10.9 Å². The Morgan fingerprint density at radius 1 is 1.16 bits per heavy atom. The number of fused-ring (bicyclic) bond motifs is 1. The normalized spacial score (nSPS) is 11.4. The number of nitrogens with zero attached hydrogens (tertiary/aromatic N) is 3. The molecule has 8 nitrogen and oxygen atoms in total. The smallest absolute Gasteiger partial charge is 0.305 e. The van der Waals surface area contributed by atoms with Gasteiger partial charge in [0.15, 0.2) is 9.84 Å². The van der Waals surface area contributed by atoms with E-state index in [0.717, 1.165) is 18.4 Å². The summed E-state index contributed by atoms with van der Waals surface area (Å²) in [4.78, 5) is 17.8. The topological polar surface area (TPSA) is 112 Å². The molecule has 25 heavy (non-hydrogen) atoms. The van der Waals surface area contributed by atoms with Gasteiger partial charge in [-0.25, -0.2) is 18.4 Å². The van der Waals surface area contributed by atoms with Crippen molar-refractivity contribution in [3.05, 3.63) is 58.7 Å². The van der Waals surface area contributed by atoms with E-state index in [4.69, 9.17) is 4.74 Å². The molecule has 1 heterocycles. The van der Waals surface area contributed by atoms with Crippen LogP contribution in [0.25, 0.3) is 10.9 Å². The molecule has 0 atom stereocenters. The molecule has 0 bridgehead atoms.